The molecule has 0 saturated heterocycles. The number of aryl methyl sites for hydroxylation is 1. The molecule has 3 rings (SSSR count). The Labute approximate surface area is 127 Å². The number of aromatic nitrogens is 1. The molecule has 0 radical (unpaired) electrons. The number of nitrogens with zero attached hydrogens (tertiary/aromatic N) is 1. The molecule has 2 N–H and O–H groups in total. The summed E-state index contributed by atoms with van der Waals surface area (Å²) in [5.74, 6) is 0. The molecule has 0 aliphatic carbocycles. The average molecular weight is 314 g/mol. The minimum Gasteiger partial charge on any atom is -0.317 e. The van der Waals surface area contributed by atoms with Crippen molar-refractivity contribution in [1.29, 1.82) is 0 Å². The van der Waals surface area contributed by atoms with Gasteiger partial charge in [-0.1, -0.05) is 36.4 Å². The number of rotatable bonds is 2. The van der Waals surface area contributed by atoms with Gasteiger partial charge in [0, 0.05) is 29.8 Å². The Morgan fingerprint density at radius 3 is 2.18 bits per heavy atom. The number of primary sulfonamides is 1. The van der Waals surface area contributed by atoms with Gasteiger partial charge in [-0.25, -0.2) is 13.6 Å². The quantitative estimate of drug-likeness (QED) is 0.783. The molecule has 3 aromatic rings. The van der Waals surface area contributed by atoms with Gasteiger partial charge in [-0.2, -0.15) is 0 Å². The number of benzene rings is 2. The van der Waals surface area contributed by atoms with Gasteiger partial charge in [-0.15, -0.1) is 0 Å². The summed E-state index contributed by atoms with van der Waals surface area (Å²) in [6.07, 6.45) is 1.63. The third kappa shape index (κ3) is 2.32. The Bertz CT molecular complexity index is 1040. The fourth-order valence-corrected chi connectivity index (χ4v) is 3.32. The molecule has 1 aromatic heterocycles. The first-order chi connectivity index (χ1) is 10.4. The highest BCUT2D eigenvalue weighted by Gasteiger charge is 2.17. The highest BCUT2D eigenvalue weighted by atomic mass is 32.2. The average Bonchev–Trinajstić information content (AvgIpc) is 2.50. The minimum atomic E-state index is -3.86. The standard InChI is InChI=1S/C16H14N2O3S/c1-18-10-14(11-6-2-3-8-13(11)16(18)19)12-7-4-5-9-15(12)22(17,20)21/h2-10H,1H3,(H2,17,20,21). The Hall–Kier alpha value is -2.44. The van der Waals surface area contributed by atoms with E-state index in [1.807, 2.05) is 6.07 Å². The Morgan fingerprint density at radius 1 is 0.909 bits per heavy atom. The molecular weight excluding hydrogens is 300 g/mol. The smallest absolute Gasteiger partial charge is 0.258 e. The zero-order valence-electron chi connectivity index (χ0n) is 11.9. The number of fused-ring (bicyclic) bond motifs is 1. The molecule has 22 heavy (non-hydrogen) atoms. The topological polar surface area (TPSA) is 82.2 Å². The first kappa shape index (κ1) is 14.5. The molecule has 0 atom stereocenters. The highest BCUT2D eigenvalue weighted by Crippen LogP contribution is 2.31. The summed E-state index contributed by atoms with van der Waals surface area (Å²) >= 11 is 0. The van der Waals surface area contributed by atoms with Crippen molar-refractivity contribution in [1.82, 2.24) is 4.57 Å². The lowest BCUT2D eigenvalue weighted by Gasteiger charge is -2.12. The molecule has 0 fully saturated rings. The third-order valence-electron chi connectivity index (χ3n) is 3.57. The monoisotopic (exact) mass is 314 g/mol. The van der Waals surface area contributed by atoms with Gasteiger partial charge in [-0.3, -0.25) is 4.79 Å². The van der Waals surface area contributed by atoms with Crippen LogP contribution in [0.25, 0.3) is 21.9 Å². The molecule has 0 amide bonds. The van der Waals surface area contributed by atoms with Crippen LogP contribution < -0.4 is 10.7 Å². The maximum atomic E-state index is 12.2. The van der Waals surface area contributed by atoms with Gasteiger partial charge < -0.3 is 4.57 Å². The second-order valence-corrected chi connectivity index (χ2v) is 6.58. The predicted molar refractivity (Wildman–Crippen MR) is 86.0 cm³/mol. The fraction of sp³-hybridized carbons (Fsp3) is 0.0625. The number of hydrogen-bond acceptors (Lipinski definition) is 3. The molecule has 0 spiro atoms. The molecule has 0 unspecified atom stereocenters. The summed E-state index contributed by atoms with van der Waals surface area (Å²) in [5.41, 5.74) is 1.01. The lowest BCUT2D eigenvalue weighted by molar-refractivity contribution is 0.598. The van der Waals surface area contributed by atoms with Gasteiger partial charge >= 0.3 is 0 Å². The van der Waals surface area contributed by atoms with Crippen LogP contribution in [0.15, 0.2) is 64.4 Å². The summed E-state index contributed by atoms with van der Waals surface area (Å²) in [6, 6.07) is 13.6. The van der Waals surface area contributed by atoms with Crippen molar-refractivity contribution in [3.63, 3.8) is 0 Å². The third-order valence-corrected chi connectivity index (χ3v) is 4.54. The van der Waals surface area contributed by atoms with E-state index < -0.39 is 10.0 Å². The van der Waals surface area contributed by atoms with Gasteiger partial charge in [0.15, 0.2) is 0 Å². The van der Waals surface area contributed by atoms with E-state index in [4.69, 9.17) is 5.14 Å². The fourth-order valence-electron chi connectivity index (χ4n) is 2.57. The van der Waals surface area contributed by atoms with Crippen LogP contribution >= 0.6 is 0 Å². The molecule has 0 aliphatic rings. The van der Waals surface area contributed by atoms with Crippen molar-refractivity contribution in [2.75, 3.05) is 0 Å². The predicted octanol–water partition coefficient (Wildman–Crippen LogP) is 1.85. The normalized spacial score (nSPS) is 11.7. The minimum absolute atomic E-state index is 0.0406. The van der Waals surface area contributed by atoms with Crippen LogP contribution in [-0.2, 0) is 17.1 Å². The second kappa shape index (κ2) is 5.08. The van der Waals surface area contributed by atoms with Gasteiger partial charge in [0.25, 0.3) is 5.56 Å². The van der Waals surface area contributed by atoms with Crippen molar-refractivity contribution in [3.05, 3.63) is 65.1 Å². The summed E-state index contributed by atoms with van der Waals surface area (Å²) in [7, 11) is -2.22. The summed E-state index contributed by atoms with van der Waals surface area (Å²) in [6.45, 7) is 0. The van der Waals surface area contributed by atoms with E-state index in [2.05, 4.69) is 0 Å². The SMILES string of the molecule is Cn1cc(-c2ccccc2S(N)(=O)=O)c2ccccc2c1=O. The van der Waals surface area contributed by atoms with E-state index in [0.717, 1.165) is 0 Å². The maximum absolute atomic E-state index is 12.2. The largest absolute Gasteiger partial charge is 0.317 e. The van der Waals surface area contributed by atoms with Crippen molar-refractivity contribution in [2.24, 2.45) is 12.2 Å². The first-order valence-electron chi connectivity index (χ1n) is 6.60. The molecule has 5 nitrogen and oxygen atoms in total. The number of sulfonamides is 1. The molecule has 0 saturated carbocycles. The molecule has 0 bridgehead atoms. The Kier molecular flexibility index (Phi) is 3.35. The van der Waals surface area contributed by atoms with Crippen LogP contribution in [0.4, 0.5) is 0 Å². The first-order valence-corrected chi connectivity index (χ1v) is 8.15. The highest BCUT2D eigenvalue weighted by molar-refractivity contribution is 7.89. The van der Waals surface area contributed by atoms with E-state index in [-0.39, 0.29) is 10.5 Å². The van der Waals surface area contributed by atoms with Gasteiger partial charge in [0.1, 0.15) is 0 Å². The van der Waals surface area contributed by atoms with Gasteiger partial charge in [0.2, 0.25) is 10.0 Å². The van der Waals surface area contributed by atoms with E-state index in [9.17, 15) is 13.2 Å². The van der Waals surface area contributed by atoms with E-state index in [1.165, 1.54) is 10.6 Å². The summed E-state index contributed by atoms with van der Waals surface area (Å²) in [4.78, 5) is 12.3. The van der Waals surface area contributed by atoms with Crippen LogP contribution in [0.2, 0.25) is 0 Å². The van der Waals surface area contributed by atoms with Crippen molar-refractivity contribution >= 4 is 20.8 Å². The second-order valence-electron chi connectivity index (χ2n) is 5.05. The van der Waals surface area contributed by atoms with E-state index in [0.29, 0.717) is 21.9 Å². The molecule has 6 heteroatoms. The maximum Gasteiger partial charge on any atom is 0.258 e. The van der Waals surface area contributed by atoms with Crippen LogP contribution in [0.5, 0.6) is 0 Å². The number of hydrogen-bond donors (Lipinski definition) is 1. The van der Waals surface area contributed by atoms with Crippen molar-refractivity contribution in [2.45, 2.75) is 4.90 Å². The van der Waals surface area contributed by atoms with Crippen LogP contribution in [0, 0.1) is 0 Å². The van der Waals surface area contributed by atoms with Crippen LogP contribution in [-0.4, -0.2) is 13.0 Å². The molecule has 2 aromatic carbocycles. The zero-order chi connectivity index (χ0) is 15.9. The van der Waals surface area contributed by atoms with Crippen molar-refractivity contribution < 1.29 is 8.42 Å². The Morgan fingerprint density at radius 2 is 1.50 bits per heavy atom. The van der Waals surface area contributed by atoms with E-state index >= 15 is 0 Å². The zero-order valence-corrected chi connectivity index (χ0v) is 12.7. The molecular formula is C16H14N2O3S. The summed E-state index contributed by atoms with van der Waals surface area (Å²) < 4.78 is 25.1. The van der Waals surface area contributed by atoms with Gasteiger partial charge in [0.05, 0.1) is 4.90 Å². The number of pyridine rings is 1. The summed E-state index contributed by atoms with van der Waals surface area (Å²) in [5, 5.41) is 6.54. The number of nitrogens with two attached hydrogens (primary N) is 1. The van der Waals surface area contributed by atoms with Crippen LogP contribution in [0.1, 0.15) is 0 Å². The Balaban J connectivity index is 2.48. The van der Waals surface area contributed by atoms with Crippen LogP contribution in [0.3, 0.4) is 0 Å². The molecule has 1 heterocycles. The molecule has 0 aliphatic heterocycles. The lowest BCUT2D eigenvalue weighted by Crippen LogP contribution is -2.17. The van der Waals surface area contributed by atoms with Gasteiger partial charge in [-0.05, 0) is 17.5 Å². The van der Waals surface area contributed by atoms with E-state index in [1.54, 1.807) is 49.6 Å². The molecule has 112 valence electrons. The van der Waals surface area contributed by atoms with Crippen molar-refractivity contribution in [3.8, 4) is 11.1 Å². The lowest BCUT2D eigenvalue weighted by atomic mass is 10.0.